The molecule has 0 aliphatic carbocycles. The Morgan fingerprint density at radius 3 is 2.58 bits per heavy atom. The first-order chi connectivity index (χ1) is 14.5. The highest BCUT2D eigenvalue weighted by atomic mass is 31.2. The number of fused-ring (bicyclic) bond motifs is 1. The van der Waals surface area contributed by atoms with Crippen LogP contribution in [-0.4, -0.2) is 72.6 Å². The molecule has 1 fully saturated rings. The first-order valence-electron chi connectivity index (χ1n) is 8.51. The van der Waals surface area contributed by atoms with Crippen LogP contribution in [0.4, 0.5) is 5.82 Å². The van der Waals surface area contributed by atoms with Gasteiger partial charge in [0.15, 0.2) is 23.2 Å². The summed E-state index contributed by atoms with van der Waals surface area (Å²) in [6, 6.07) is -1.69. The van der Waals surface area contributed by atoms with Crippen LogP contribution in [0, 0.1) is 0 Å². The van der Waals surface area contributed by atoms with E-state index in [4.69, 9.17) is 4.74 Å². The van der Waals surface area contributed by atoms with E-state index in [9.17, 15) is 44.4 Å². The van der Waals surface area contributed by atoms with Gasteiger partial charge < -0.3 is 58.9 Å². The average molecular weight is 459 g/mol. The zero-order valence-corrected chi connectivity index (χ0v) is 16.2. The number of phosphoric acid groups is 1. The molecule has 2 aromatic rings. The number of nitrogens with one attached hydrogen (secondary N) is 1. The molecular weight excluding hydrogens is 445 g/mol. The normalized spacial score (nSPS) is 24.9. The molecule has 0 saturated carbocycles. The van der Waals surface area contributed by atoms with Crippen molar-refractivity contribution in [1.82, 2.24) is 19.5 Å². The van der Waals surface area contributed by atoms with Gasteiger partial charge in [0.05, 0.1) is 32.8 Å². The monoisotopic (exact) mass is 459 g/mol. The van der Waals surface area contributed by atoms with Crippen LogP contribution in [0.2, 0.25) is 0 Å². The number of aromatic nitrogens is 4. The second kappa shape index (κ2) is 8.80. The molecule has 5 atom stereocenters. The van der Waals surface area contributed by atoms with Crippen molar-refractivity contribution in [2.45, 2.75) is 37.0 Å². The lowest BCUT2D eigenvalue weighted by Crippen LogP contribution is -2.44. The number of aliphatic hydroxyl groups is 2. The van der Waals surface area contributed by atoms with Gasteiger partial charge in [-0.2, -0.15) is 0 Å². The SMILES string of the molecule is O=C([O-])CC(Nc1ncnc2c1ncn2C1OC(COP(=O)([O-])[O-])C(O)C1O)C(=O)[O-]. The number of phosphoric ester groups is 1. The molecule has 0 radical (unpaired) electrons. The molecule has 2 aromatic heterocycles. The Bertz CT molecular complexity index is 1030. The summed E-state index contributed by atoms with van der Waals surface area (Å²) in [5.74, 6) is -3.56. The van der Waals surface area contributed by atoms with Crippen LogP contribution >= 0.6 is 7.82 Å². The Morgan fingerprint density at radius 1 is 1.26 bits per heavy atom. The number of nitrogens with zero attached hydrogens (tertiary/aromatic N) is 4. The number of aliphatic hydroxyl groups excluding tert-OH is 2. The van der Waals surface area contributed by atoms with Crippen molar-refractivity contribution in [3.05, 3.63) is 12.7 Å². The van der Waals surface area contributed by atoms with Crippen LogP contribution in [0.1, 0.15) is 12.6 Å². The summed E-state index contributed by atoms with van der Waals surface area (Å²) in [7, 11) is -5.34. The first kappa shape index (κ1) is 23.0. The summed E-state index contributed by atoms with van der Waals surface area (Å²) >= 11 is 0. The van der Waals surface area contributed by atoms with Crippen molar-refractivity contribution >= 4 is 36.7 Å². The number of carboxylic acids is 2. The Labute approximate surface area is 172 Å². The zero-order valence-electron chi connectivity index (χ0n) is 15.3. The second-order valence-corrected chi connectivity index (χ2v) is 7.58. The molecule has 5 unspecified atom stereocenters. The molecular formula is C14H14N5O11P-4. The first-order valence-corrected chi connectivity index (χ1v) is 9.97. The molecule has 0 spiro atoms. The molecule has 0 aromatic carbocycles. The predicted molar refractivity (Wildman–Crippen MR) is 86.8 cm³/mol. The van der Waals surface area contributed by atoms with Crippen LogP contribution in [0.25, 0.3) is 11.2 Å². The number of aliphatic carboxylic acids is 2. The third-order valence-electron chi connectivity index (χ3n) is 4.33. The highest BCUT2D eigenvalue weighted by Gasteiger charge is 2.44. The third-order valence-corrected chi connectivity index (χ3v) is 4.80. The average Bonchev–Trinajstić information content (AvgIpc) is 3.21. The molecule has 3 heterocycles. The fourth-order valence-corrected chi connectivity index (χ4v) is 3.26. The number of hydrogen-bond acceptors (Lipinski definition) is 15. The van der Waals surface area contributed by atoms with Gasteiger partial charge in [-0.25, -0.2) is 15.0 Å². The van der Waals surface area contributed by atoms with E-state index in [2.05, 4.69) is 24.8 Å². The number of ether oxygens (including phenoxy) is 1. The summed E-state index contributed by atoms with van der Waals surface area (Å²) in [5.41, 5.74) is -0.0557. The maximum absolute atomic E-state index is 11.1. The second-order valence-electron chi connectivity index (χ2n) is 6.43. The van der Waals surface area contributed by atoms with Crippen LogP contribution < -0.4 is 25.3 Å². The lowest BCUT2D eigenvalue weighted by Gasteiger charge is -2.30. The molecule has 1 aliphatic heterocycles. The quantitative estimate of drug-likeness (QED) is 0.295. The van der Waals surface area contributed by atoms with E-state index in [1.165, 1.54) is 0 Å². The molecule has 170 valence electrons. The smallest absolute Gasteiger partial charge is 0.167 e. The highest BCUT2D eigenvalue weighted by Crippen LogP contribution is 2.34. The Hall–Kier alpha value is -2.72. The van der Waals surface area contributed by atoms with Crippen molar-refractivity contribution in [2.24, 2.45) is 0 Å². The van der Waals surface area contributed by atoms with E-state index in [1.807, 2.05) is 0 Å². The summed E-state index contributed by atoms with van der Waals surface area (Å²) in [4.78, 5) is 54.8. The molecule has 0 bridgehead atoms. The van der Waals surface area contributed by atoms with Crippen LogP contribution in [-0.2, 0) is 23.4 Å². The van der Waals surface area contributed by atoms with Gasteiger partial charge >= 0.3 is 0 Å². The largest absolute Gasteiger partial charge is 0.790 e. The maximum atomic E-state index is 11.1. The number of carbonyl (C=O) groups is 2. The highest BCUT2D eigenvalue weighted by molar-refractivity contribution is 7.43. The lowest BCUT2D eigenvalue weighted by molar-refractivity contribution is -0.343. The predicted octanol–water partition coefficient (Wildman–Crippen LogP) is -6.04. The fourth-order valence-electron chi connectivity index (χ4n) is 2.93. The number of carboxylic acid groups (broad SMARTS) is 2. The minimum atomic E-state index is -5.34. The summed E-state index contributed by atoms with van der Waals surface area (Å²) in [6.07, 6.45) is -4.78. The molecule has 1 saturated heterocycles. The van der Waals surface area contributed by atoms with Crippen LogP contribution in [0.5, 0.6) is 0 Å². The van der Waals surface area contributed by atoms with Crippen molar-refractivity contribution in [3.8, 4) is 0 Å². The van der Waals surface area contributed by atoms with Gasteiger partial charge in [-0.05, 0) is 0 Å². The number of anilines is 1. The van der Waals surface area contributed by atoms with E-state index in [0.29, 0.717) is 0 Å². The van der Waals surface area contributed by atoms with Crippen LogP contribution in [0.15, 0.2) is 12.7 Å². The minimum absolute atomic E-state index is 0.0146. The Kier molecular flexibility index (Phi) is 6.51. The minimum Gasteiger partial charge on any atom is -0.790 e. The Balaban J connectivity index is 1.86. The molecule has 16 nitrogen and oxygen atoms in total. The number of rotatable bonds is 9. The fraction of sp³-hybridized carbons (Fsp3) is 0.500. The molecule has 31 heavy (non-hydrogen) atoms. The molecule has 1 aliphatic rings. The van der Waals surface area contributed by atoms with Crippen molar-refractivity contribution in [3.63, 3.8) is 0 Å². The number of imidazole rings is 1. The van der Waals surface area contributed by atoms with Gasteiger partial charge in [-0.1, -0.05) is 0 Å². The lowest BCUT2D eigenvalue weighted by atomic mass is 10.1. The number of hydrogen-bond donors (Lipinski definition) is 3. The van der Waals surface area contributed by atoms with E-state index < -0.39 is 63.4 Å². The van der Waals surface area contributed by atoms with Gasteiger partial charge in [-0.3, -0.25) is 4.57 Å². The summed E-state index contributed by atoms with van der Waals surface area (Å²) in [6.45, 7) is -0.843. The van der Waals surface area contributed by atoms with E-state index in [0.717, 1.165) is 17.2 Å². The van der Waals surface area contributed by atoms with Gasteiger partial charge in [-0.15, -0.1) is 0 Å². The van der Waals surface area contributed by atoms with E-state index in [-0.39, 0.29) is 17.0 Å². The van der Waals surface area contributed by atoms with E-state index >= 15 is 0 Å². The van der Waals surface area contributed by atoms with Crippen molar-refractivity contribution in [1.29, 1.82) is 0 Å². The number of carbonyl (C=O) groups excluding carboxylic acids is 2. The van der Waals surface area contributed by atoms with Gasteiger partial charge in [0, 0.05) is 12.4 Å². The topological polar surface area (TPSA) is 258 Å². The third kappa shape index (κ3) is 5.13. The summed E-state index contributed by atoms with van der Waals surface area (Å²) < 4.78 is 21.2. The molecule has 3 N–H and O–H groups in total. The van der Waals surface area contributed by atoms with Crippen molar-refractivity contribution in [2.75, 3.05) is 11.9 Å². The van der Waals surface area contributed by atoms with Gasteiger partial charge in [0.25, 0.3) is 0 Å². The molecule has 17 heteroatoms. The van der Waals surface area contributed by atoms with Gasteiger partial charge in [0.1, 0.15) is 24.6 Å². The van der Waals surface area contributed by atoms with E-state index in [1.54, 1.807) is 0 Å². The molecule has 0 amide bonds. The standard InChI is InChI=1S/C14H18N5O11P/c20-7(21)1-5(14(24)25)18-11-8-12(16-3-15-11)19(4-17-8)13-10(23)9(22)6(30-13)2-29-31(26,27)28/h3-6,9-10,13,22-23H,1-2H2,(H,20,21)(H,24,25)(H,15,16,18)(H2,26,27,28)/p-4. The summed E-state index contributed by atoms with van der Waals surface area (Å²) in [5, 5.41) is 44.5. The van der Waals surface area contributed by atoms with Crippen LogP contribution in [0.3, 0.4) is 0 Å². The zero-order chi connectivity index (χ0) is 22.9. The Morgan fingerprint density at radius 2 is 1.97 bits per heavy atom. The van der Waals surface area contributed by atoms with Crippen molar-refractivity contribution < 1.29 is 53.6 Å². The van der Waals surface area contributed by atoms with Gasteiger partial charge in [0.2, 0.25) is 0 Å². The maximum Gasteiger partial charge on any atom is 0.167 e. The molecule has 3 rings (SSSR count).